The average molecular weight is 256 g/mol. The summed E-state index contributed by atoms with van der Waals surface area (Å²) in [6.07, 6.45) is 0. The van der Waals surface area contributed by atoms with E-state index in [0.29, 0.717) is 15.7 Å². The van der Waals surface area contributed by atoms with E-state index in [0.717, 1.165) is 11.3 Å². The summed E-state index contributed by atoms with van der Waals surface area (Å²) in [5, 5.41) is 3.00. The lowest BCUT2D eigenvalue weighted by Crippen LogP contribution is -2.42. The van der Waals surface area contributed by atoms with Crippen molar-refractivity contribution in [2.24, 2.45) is 11.1 Å². The van der Waals surface area contributed by atoms with Crippen LogP contribution in [-0.4, -0.2) is 23.3 Å². The number of nitrogens with zero attached hydrogens (tertiary/aromatic N) is 1. The minimum absolute atomic E-state index is 0.179. The Morgan fingerprint density at radius 3 is 2.47 bits per heavy atom. The van der Waals surface area contributed by atoms with Crippen LogP contribution in [0.5, 0.6) is 0 Å². The third kappa shape index (κ3) is 3.16. The van der Waals surface area contributed by atoms with E-state index in [1.54, 1.807) is 20.8 Å². The Morgan fingerprint density at radius 1 is 1.47 bits per heavy atom. The summed E-state index contributed by atoms with van der Waals surface area (Å²) in [6.45, 7) is 5.23. The lowest BCUT2D eigenvalue weighted by atomic mass is 9.93. The van der Waals surface area contributed by atoms with Gasteiger partial charge in [0.1, 0.15) is 4.88 Å². The molecule has 2 amide bonds. The monoisotopic (exact) mass is 256 g/mol. The number of amides is 2. The first kappa shape index (κ1) is 13.4. The highest BCUT2D eigenvalue weighted by molar-refractivity contribution is 7.17. The van der Waals surface area contributed by atoms with Gasteiger partial charge in [0.25, 0.3) is 5.91 Å². The molecule has 1 aromatic heterocycles. The van der Waals surface area contributed by atoms with Crippen molar-refractivity contribution < 1.29 is 9.59 Å². The second kappa shape index (κ2) is 4.70. The highest BCUT2D eigenvalue weighted by Crippen LogP contribution is 2.20. The molecule has 7 heteroatoms. The summed E-state index contributed by atoms with van der Waals surface area (Å²) >= 11 is 1.12. The van der Waals surface area contributed by atoms with Gasteiger partial charge in [0.05, 0.1) is 11.1 Å². The van der Waals surface area contributed by atoms with Crippen LogP contribution >= 0.6 is 11.3 Å². The maximum absolute atomic E-state index is 11.8. The van der Waals surface area contributed by atoms with Gasteiger partial charge in [-0.15, -0.1) is 0 Å². The number of carbonyl (C=O) groups is 2. The number of aryl methyl sites for hydroxylation is 1. The van der Waals surface area contributed by atoms with E-state index in [1.165, 1.54) is 0 Å². The maximum atomic E-state index is 11.8. The van der Waals surface area contributed by atoms with E-state index in [4.69, 9.17) is 11.5 Å². The Kier molecular flexibility index (Phi) is 3.72. The van der Waals surface area contributed by atoms with Crippen molar-refractivity contribution >= 4 is 28.3 Å². The molecular weight excluding hydrogens is 240 g/mol. The highest BCUT2D eigenvalue weighted by Gasteiger charge is 2.26. The molecule has 0 unspecified atom stereocenters. The first-order chi connectivity index (χ1) is 7.74. The molecule has 0 radical (unpaired) electrons. The average Bonchev–Trinajstić information content (AvgIpc) is 2.54. The zero-order valence-corrected chi connectivity index (χ0v) is 10.9. The van der Waals surface area contributed by atoms with E-state index >= 15 is 0 Å². The molecule has 1 heterocycles. The molecule has 5 N–H and O–H groups in total. The predicted molar refractivity (Wildman–Crippen MR) is 66.6 cm³/mol. The number of nitrogens with two attached hydrogens (primary N) is 2. The highest BCUT2D eigenvalue weighted by atomic mass is 32.1. The molecule has 0 aliphatic carbocycles. The van der Waals surface area contributed by atoms with Gasteiger partial charge in [0.15, 0.2) is 5.13 Å². The smallest absolute Gasteiger partial charge is 0.263 e. The van der Waals surface area contributed by atoms with E-state index in [2.05, 4.69) is 10.3 Å². The van der Waals surface area contributed by atoms with Crippen LogP contribution < -0.4 is 16.8 Å². The number of carbonyl (C=O) groups excluding carboxylic acids is 2. The number of nitrogen functional groups attached to an aromatic ring is 1. The summed E-state index contributed by atoms with van der Waals surface area (Å²) in [4.78, 5) is 27.3. The van der Waals surface area contributed by atoms with Gasteiger partial charge >= 0.3 is 0 Å². The number of nitrogens with one attached hydrogen (secondary N) is 1. The maximum Gasteiger partial charge on any atom is 0.263 e. The fourth-order valence-corrected chi connectivity index (χ4v) is 1.85. The Hall–Kier alpha value is -1.63. The minimum Gasteiger partial charge on any atom is -0.375 e. The fraction of sp³-hybridized carbons (Fsp3) is 0.500. The molecular formula is C10H16N4O2S. The number of rotatable bonds is 4. The lowest BCUT2D eigenvalue weighted by molar-refractivity contribution is -0.125. The Morgan fingerprint density at radius 2 is 2.06 bits per heavy atom. The van der Waals surface area contributed by atoms with Gasteiger partial charge in [-0.2, -0.15) is 0 Å². The van der Waals surface area contributed by atoms with E-state index in [9.17, 15) is 9.59 Å². The van der Waals surface area contributed by atoms with Crippen molar-refractivity contribution in [2.75, 3.05) is 12.3 Å². The second-order valence-electron chi connectivity index (χ2n) is 4.40. The van der Waals surface area contributed by atoms with Crippen molar-refractivity contribution in [3.8, 4) is 0 Å². The molecule has 1 rings (SSSR count). The summed E-state index contributed by atoms with van der Waals surface area (Å²) < 4.78 is 0. The molecule has 0 spiro atoms. The van der Waals surface area contributed by atoms with Crippen LogP contribution in [-0.2, 0) is 4.79 Å². The van der Waals surface area contributed by atoms with Gasteiger partial charge < -0.3 is 16.8 Å². The van der Waals surface area contributed by atoms with Gasteiger partial charge in [-0.1, -0.05) is 11.3 Å². The number of hydrogen-bond acceptors (Lipinski definition) is 5. The van der Waals surface area contributed by atoms with Crippen LogP contribution in [0.2, 0.25) is 0 Å². The van der Waals surface area contributed by atoms with E-state index in [-0.39, 0.29) is 12.5 Å². The first-order valence-electron chi connectivity index (χ1n) is 5.05. The van der Waals surface area contributed by atoms with E-state index < -0.39 is 11.3 Å². The van der Waals surface area contributed by atoms with Crippen molar-refractivity contribution in [1.82, 2.24) is 10.3 Å². The summed E-state index contributed by atoms with van der Waals surface area (Å²) in [5.74, 6) is -0.746. The van der Waals surface area contributed by atoms with Crippen LogP contribution in [0.1, 0.15) is 29.2 Å². The van der Waals surface area contributed by atoms with E-state index in [1.807, 2.05) is 0 Å². The Bertz CT molecular complexity index is 453. The topological polar surface area (TPSA) is 111 Å². The summed E-state index contributed by atoms with van der Waals surface area (Å²) in [6, 6.07) is 0. The van der Waals surface area contributed by atoms with Gasteiger partial charge in [0.2, 0.25) is 5.91 Å². The van der Waals surface area contributed by atoms with Gasteiger partial charge in [-0.3, -0.25) is 9.59 Å². The molecule has 17 heavy (non-hydrogen) atoms. The first-order valence-corrected chi connectivity index (χ1v) is 5.86. The van der Waals surface area contributed by atoms with Crippen LogP contribution in [0.4, 0.5) is 5.13 Å². The van der Waals surface area contributed by atoms with Crippen LogP contribution in [0, 0.1) is 12.3 Å². The predicted octanol–water partition coefficient (Wildman–Crippen LogP) is 0.275. The summed E-state index contributed by atoms with van der Waals surface area (Å²) in [7, 11) is 0. The fourth-order valence-electron chi connectivity index (χ4n) is 1.10. The number of thiazole rings is 1. The van der Waals surface area contributed by atoms with Crippen molar-refractivity contribution in [3.63, 3.8) is 0 Å². The van der Waals surface area contributed by atoms with Crippen molar-refractivity contribution in [3.05, 3.63) is 10.6 Å². The largest absolute Gasteiger partial charge is 0.375 e. The second-order valence-corrected chi connectivity index (χ2v) is 5.43. The SMILES string of the molecule is Cc1nc(N)sc1C(=O)NCC(C)(C)C(N)=O. The van der Waals surface area contributed by atoms with Crippen LogP contribution in [0.15, 0.2) is 0 Å². The molecule has 0 atom stereocenters. The van der Waals surface area contributed by atoms with Gasteiger partial charge in [-0.25, -0.2) is 4.98 Å². The molecule has 0 saturated carbocycles. The quantitative estimate of drug-likeness (QED) is 0.718. The van der Waals surface area contributed by atoms with Gasteiger partial charge in [-0.05, 0) is 20.8 Å². The molecule has 0 aliphatic heterocycles. The third-order valence-electron chi connectivity index (χ3n) is 2.38. The molecule has 94 valence electrons. The third-order valence-corrected chi connectivity index (χ3v) is 3.36. The standard InChI is InChI=1S/C10H16N4O2S/c1-5-6(17-9(12)14-5)7(15)13-4-10(2,3)8(11)16/h4H2,1-3H3,(H2,11,16)(H2,12,14)(H,13,15). The Labute approximate surface area is 103 Å². The lowest BCUT2D eigenvalue weighted by Gasteiger charge is -2.20. The number of hydrogen-bond donors (Lipinski definition) is 3. The molecule has 0 aliphatic rings. The minimum atomic E-state index is -0.778. The zero-order chi connectivity index (χ0) is 13.2. The van der Waals surface area contributed by atoms with Crippen LogP contribution in [0.25, 0.3) is 0 Å². The summed E-state index contributed by atoms with van der Waals surface area (Å²) in [5.41, 5.74) is 10.5. The van der Waals surface area contributed by atoms with Gasteiger partial charge in [0, 0.05) is 6.54 Å². The molecule has 0 bridgehead atoms. The van der Waals surface area contributed by atoms with Crippen molar-refractivity contribution in [2.45, 2.75) is 20.8 Å². The molecule has 1 aromatic rings. The molecule has 0 aromatic carbocycles. The normalized spacial score (nSPS) is 11.2. The molecule has 6 nitrogen and oxygen atoms in total. The zero-order valence-electron chi connectivity index (χ0n) is 10.0. The molecule has 0 fully saturated rings. The van der Waals surface area contributed by atoms with Crippen LogP contribution in [0.3, 0.4) is 0 Å². The number of anilines is 1. The number of aromatic nitrogens is 1. The number of primary amides is 1. The van der Waals surface area contributed by atoms with Crippen molar-refractivity contribution in [1.29, 1.82) is 0 Å². The molecule has 0 saturated heterocycles. The Balaban J connectivity index is 2.68.